The van der Waals surface area contributed by atoms with Crippen molar-refractivity contribution >= 4 is 18.0 Å². The van der Waals surface area contributed by atoms with Gasteiger partial charge in [-0.2, -0.15) is 0 Å². The molecule has 4 rings (SSSR count). The summed E-state index contributed by atoms with van der Waals surface area (Å²) in [4.78, 5) is 37.1. The molecule has 1 aliphatic heterocycles. The molecular weight excluding hydrogens is 444 g/mol. The predicted molar refractivity (Wildman–Crippen MR) is 133 cm³/mol. The fourth-order valence-electron chi connectivity index (χ4n) is 5.04. The number of carbonyl (C=O) groups is 3. The molecule has 7 nitrogen and oxygen atoms in total. The molecule has 2 aliphatic rings. The van der Waals surface area contributed by atoms with E-state index in [1.54, 1.807) is 11.8 Å². The van der Waals surface area contributed by atoms with Crippen molar-refractivity contribution in [2.45, 2.75) is 51.4 Å². The number of hydrogen-bond donors (Lipinski definition) is 2. The number of carboxylic acids is 1. The summed E-state index contributed by atoms with van der Waals surface area (Å²) in [5, 5.41) is 12.0. The SMILES string of the molecule is CC1(C(=O)O)CN(C(=O)CCCCCCCNC(=O)OCC2c3ccccc3-c3ccccc32)C1. The van der Waals surface area contributed by atoms with Crippen LogP contribution in [0.25, 0.3) is 11.1 Å². The standard InChI is InChI=1S/C28H34N2O5/c1-28(26(32)33)18-30(19-28)25(31)15-5-3-2-4-10-16-29-27(34)35-17-24-22-13-8-6-11-20(22)21-12-7-9-14-23(21)24/h6-9,11-14,24H,2-5,10,15-19H2,1H3,(H,29,34)(H,32,33). The molecule has 0 atom stereocenters. The van der Waals surface area contributed by atoms with Gasteiger partial charge in [0.15, 0.2) is 0 Å². The Morgan fingerprint density at radius 2 is 1.51 bits per heavy atom. The number of amides is 2. The lowest BCUT2D eigenvalue weighted by atomic mass is 9.82. The maximum absolute atomic E-state index is 12.2. The number of unbranched alkanes of at least 4 members (excludes halogenated alkanes) is 4. The van der Waals surface area contributed by atoms with Crippen LogP contribution in [0.15, 0.2) is 48.5 Å². The summed E-state index contributed by atoms with van der Waals surface area (Å²) in [6.45, 7) is 3.18. The first-order valence-corrected chi connectivity index (χ1v) is 12.5. The number of fused-ring (bicyclic) bond motifs is 3. The van der Waals surface area contributed by atoms with Crippen LogP contribution in [0.1, 0.15) is 62.5 Å². The van der Waals surface area contributed by atoms with Crippen LogP contribution in [0.3, 0.4) is 0 Å². The van der Waals surface area contributed by atoms with Crippen molar-refractivity contribution in [1.82, 2.24) is 10.2 Å². The van der Waals surface area contributed by atoms with Gasteiger partial charge in [0.2, 0.25) is 5.91 Å². The zero-order valence-electron chi connectivity index (χ0n) is 20.3. The van der Waals surface area contributed by atoms with Gasteiger partial charge in [0, 0.05) is 32.0 Å². The van der Waals surface area contributed by atoms with E-state index in [2.05, 4.69) is 29.6 Å². The Hall–Kier alpha value is -3.35. The number of ether oxygens (including phenoxy) is 1. The summed E-state index contributed by atoms with van der Waals surface area (Å²) in [6, 6.07) is 16.5. The zero-order chi connectivity index (χ0) is 24.8. The lowest BCUT2D eigenvalue weighted by Crippen LogP contribution is -2.60. The fourth-order valence-corrected chi connectivity index (χ4v) is 5.04. The minimum absolute atomic E-state index is 0.0423. The second-order valence-electron chi connectivity index (χ2n) is 9.89. The maximum Gasteiger partial charge on any atom is 0.407 e. The lowest BCUT2D eigenvalue weighted by Gasteiger charge is -2.44. The third-order valence-electron chi connectivity index (χ3n) is 7.13. The van der Waals surface area contributed by atoms with Crippen molar-refractivity contribution in [3.8, 4) is 11.1 Å². The van der Waals surface area contributed by atoms with E-state index in [0.29, 0.717) is 32.7 Å². The van der Waals surface area contributed by atoms with Crippen LogP contribution < -0.4 is 5.32 Å². The number of alkyl carbamates (subject to hydrolysis) is 1. The van der Waals surface area contributed by atoms with Gasteiger partial charge >= 0.3 is 12.1 Å². The maximum atomic E-state index is 12.2. The summed E-state index contributed by atoms with van der Waals surface area (Å²) >= 11 is 0. The van der Waals surface area contributed by atoms with E-state index in [1.807, 2.05) is 24.3 Å². The number of hydrogen-bond acceptors (Lipinski definition) is 4. The number of aliphatic carboxylic acids is 1. The Balaban J connectivity index is 1.06. The van der Waals surface area contributed by atoms with Crippen LogP contribution in [0.2, 0.25) is 0 Å². The largest absolute Gasteiger partial charge is 0.481 e. The van der Waals surface area contributed by atoms with E-state index < -0.39 is 11.4 Å². The van der Waals surface area contributed by atoms with Gasteiger partial charge in [0.25, 0.3) is 0 Å². The second-order valence-corrected chi connectivity index (χ2v) is 9.89. The molecule has 1 aliphatic carbocycles. The Bertz CT molecular complexity index is 1030. The van der Waals surface area contributed by atoms with Crippen LogP contribution in [0.5, 0.6) is 0 Å². The van der Waals surface area contributed by atoms with Crippen molar-refractivity contribution in [2.24, 2.45) is 5.41 Å². The third-order valence-corrected chi connectivity index (χ3v) is 7.13. The Kier molecular flexibility index (Phi) is 7.73. The molecule has 35 heavy (non-hydrogen) atoms. The van der Waals surface area contributed by atoms with Crippen LogP contribution in [0.4, 0.5) is 4.79 Å². The minimum Gasteiger partial charge on any atom is -0.481 e. The summed E-state index contributed by atoms with van der Waals surface area (Å²) in [5.74, 6) is -0.737. The minimum atomic E-state index is -0.840. The first kappa shape index (κ1) is 24.8. The first-order chi connectivity index (χ1) is 16.9. The molecule has 1 saturated heterocycles. The van der Waals surface area contributed by atoms with E-state index in [0.717, 1.165) is 32.1 Å². The van der Waals surface area contributed by atoms with E-state index in [1.165, 1.54) is 22.3 Å². The molecule has 2 N–H and O–H groups in total. The molecule has 2 aromatic carbocycles. The highest BCUT2D eigenvalue weighted by molar-refractivity contribution is 5.83. The molecule has 2 amide bonds. The van der Waals surface area contributed by atoms with Gasteiger partial charge in [0.1, 0.15) is 6.61 Å². The van der Waals surface area contributed by atoms with Crippen molar-refractivity contribution in [3.63, 3.8) is 0 Å². The van der Waals surface area contributed by atoms with E-state index in [4.69, 9.17) is 9.84 Å². The first-order valence-electron chi connectivity index (χ1n) is 12.5. The van der Waals surface area contributed by atoms with Crippen LogP contribution in [-0.4, -0.2) is 54.2 Å². The second kappa shape index (κ2) is 10.9. The molecule has 0 bridgehead atoms. The molecule has 2 aromatic rings. The number of carbonyl (C=O) groups excluding carboxylic acids is 2. The molecule has 0 saturated carbocycles. The Labute approximate surface area is 206 Å². The van der Waals surface area contributed by atoms with Crippen LogP contribution >= 0.6 is 0 Å². The van der Waals surface area contributed by atoms with Gasteiger partial charge < -0.3 is 20.1 Å². The molecule has 7 heteroatoms. The highest BCUT2D eigenvalue weighted by Crippen LogP contribution is 2.44. The normalized spacial score (nSPS) is 15.6. The number of carboxylic acid groups (broad SMARTS) is 1. The molecule has 0 radical (unpaired) electrons. The van der Waals surface area contributed by atoms with Gasteiger partial charge in [-0.15, -0.1) is 0 Å². The third kappa shape index (κ3) is 5.66. The van der Waals surface area contributed by atoms with Crippen molar-refractivity contribution in [2.75, 3.05) is 26.2 Å². The molecule has 0 aromatic heterocycles. The molecule has 1 heterocycles. The Morgan fingerprint density at radius 1 is 0.943 bits per heavy atom. The monoisotopic (exact) mass is 478 g/mol. The zero-order valence-corrected chi connectivity index (χ0v) is 20.3. The highest BCUT2D eigenvalue weighted by atomic mass is 16.5. The number of nitrogens with one attached hydrogen (secondary N) is 1. The average molecular weight is 479 g/mol. The number of benzene rings is 2. The molecular formula is C28H34N2O5. The number of rotatable bonds is 11. The van der Waals surface area contributed by atoms with E-state index in [9.17, 15) is 14.4 Å². The van der Waals surface area contributed by atoms with Gasteiger partial charge in [-0.3, -0.25) is 9.59 Å². The summed E-state index contributed by atoms with van der Waals surface area (Å²) in [6.07, 6.45) is 4.65. The molecule has 0 unspecified atom stereocenters. The predicted octanol–water partition coefficient (Wildman–Crippen LogP) is 4.80. The van der Waals surface area contributed by atoms with Gasteiger partial charge in [-0.1, -0.05) is 67.8 Å². The molecule has 1 fully saturated rings. The van der Waals surface area contributed by atoms with Gasteiger partial charge in [0.05, 0.1) is 5.41 Å². The van der Waals surface area contributed by atoms with E-state index in [-0.39, 0.29) is 17.9 Å². The summed E-state index contributed by atoms with van der Waals surface area (Å²) in [7, 11) is 0. The van der Waals surface area contributed by atoms with Gasteiger partial charge in [-0.25, -0.2) is 4.79 Å². The van der Waals surface area contributed by atoms with Crippen molar-refractivity contribution in [3.05, 3.63) is 59.7 Å². The fraction of sp³-hybridized carbons (Fsp3) is 0.464. The van der Waals surface area contributed by atoms with E-state index >= 15 is 0 Å². The highest BCUT2D eigenvalue weighted by Gasteiger charge is 2.46. The molecule has 0 spiro atoms. The van der Waals surface area contributed by atoms with Gasteiger partial charge in [-0.05, 0) is 42.0 Å². The molecule has 186 valence electrons. The topological polar surface area (TPSA) is 95.9 Å². The van der Waals surface area contributed by atoms with Crippen LogP contribution in [-0.2, 0) is 14.3 Å². The smallest absolute Gasteiger partial charge is 0.407 e. The number of likely N-dealkylation sites (tertiary alicyclic amines) is 1. The van der Waals surface area contributed by atoms with Crippen LogP contribution in [0, 0.1) is 5.41 Å². The summed E-state index contributed by atoms with van der Waals surface area (Å²) < 4.78 is 5.55. The number of nitrogens with zero attached hydrogens (tertiary/aromatic N) is 1. The Morgan fingerprint density at radius 3 is 2.14 bits per heavy atom. The average Bonchev–Trinajstić information content (AvgIpc) is 3.15. The van der Waals surface area contributed by atoms with Crippen molar-refractivity contribution in [1.29, 1.82) is 0 Å². The summed E-state index contributed by atoms with van der Waals surface area (Å²) in [5.41, 5.74) is 4.04. The lowest BCUT2D eigenvalue weighted by molar-refractivity contribution is -0.163. The quantitative estimate of drug-likeness (QED) is 0.453. The van der Waals surface area contributed by atoms with Crippen molar-refractivity contribution < 1.29 is 24.2 Å².